The van der Waals surface area contributed by atoms with Gasteiger partial charge < -0.3 is 4.74 Å². The van der Waals surface area contributed by atoms with Crippen molar-refractivity contribution in [2.45, 2.75) is 6.61 Å². The molecule has 84 valence electrons. The first kappa shape index (κ1) is 12.1. The molecular formula is C9H6ClNO5. The summed E-state index contributed by atoms with van der Waals surface area (Å²) in [5.41, 5.74) is -0.102. The zero-order chi connectivity index (χ0) is 12.1. The van der Waals surface area contributed by atoms with E-state index in [2.05, 4.69) is 4.74 Å². The van der Waals surface area contributed by atoms with Gasteiger partial charge in [-0.15, -0.1) is 0 Å². The monoisotopic (exact) mass is 243 g/mol. The maximum Gasteiger partial charge on any atom is 0.293 e. The lowest BCUT2D eigenvalue weighted by molar-refractivity contribution is -0.385. The Balaban J connectivity index is 3.13. The number of nitro benzene ring substituents is 1. The van der Waals surface area contributed by atoms with Crippen LogP contribution in [0.5, 0.6) is 0 Å². The number of benzene rings is 1. The lowest BCUT2D eigenvalue weighted by Crippen LogP contribution is -2.00. The molecule has 1 aromatic carbocycles. The molecule has 0 atom stereocenters. The smallest absolute Gasteiger partial charge is 0.293 e. The second-order valence-corrected chi connectivity index (χ2v) is 3.12. The Morgan fingerprint density at radius 1 is 1.56 bits per heavy atom. The first-order valence-electron chi connectivity index (χ1n) is 4.08. The fraction of sp³-hybridized carbons (Fsp3) is 0.111. The first-order valence-corrected chi connectivity index (χ1v) is 4.46. The van der Waals surface area contributed by atoms with E-state index in [0.717, 1.165) is 6.07 Å². The van der Waals surface area contributed by atoms with Crippen molar-refractivity contribution in [1.29, 1.82) is 0 Å². The van der Waals surface area contributed by atoms with E-state index in [0.29, 0.717) is 0 Å². The van der Waals surface area contributed by atoms with Crippen LogP contribution in [0.1, 0.15) is 15.9 Å². The van der Waals surface area contributed by atoms with Gasteiger partial charge in [0.2, 0.25) is 0 Å². The molecule has 0 aliphatic carbocycles. The topological polar surface area (TPSA) is 86.5 Å². The average Bonchev–Trinajstić information content (AvgIpc) is 2.25. The van der Waals surface area contributed by atoms with Crippen LogP contribution in [0.15, 0.2) is 18.2 Å². The van der Waals surface area contributed by atoms with Gasteiger partial charge in [-0.2, -0.15) is 0 Å². The van der Waals surface area contributed by atoms with Crippen LogP contribution in [0.4, 0.5) is 5.69 Å². The minimum atomic E-state index is -0.786. The SMILES string of the molecule is O=COCc1ccc(C(=O)Cl)cc1[N+](=O)[O-]. The Kier molecular flexibility index (Phi) is 3.96. The van der Waals surface area contributed by atoms with E-state index in [1.54, 1.807) is 0 Å². The normalized spacial score (nSPS) is 9.56. The number of carbonyl (C=O) groups is 2. The fourth-order valence-electron chi connectivity index (χ4n) is 1.10. The molecule has 0 heterocycles. The Bertz CT molecular complexity index is 446. The van der Waals surface area contributed by atoms with Crippen molar-refractivity contribution >= 4 is 29.0 Å². The first-order chi connectivity index (χ1) is 7.56. The Morgan fingerprint density at radius 2 is 2.25 bits per heavy atom. The van der Waals surface area contributed by atoms with Crippen molar-refractivity contribution in [1.82, 2.24) is 0 Å². The molecule has 16 heavy (non-hydrogen) atoms. The molecule has 7 heteroatoms. The van der Waals surface area contributed by atoms with Crippen LogP contribution >= 0.6 is 11.6 Å². The highest BCUT2D eigenvalue weighted by molar-refractivity contribution is 6.67. The molecule has 0 N–H and O–H groups in total. The van der Waals surface area contributed by atoms with Crippen LogP contribution in [0.3, 0.4) is 0 Å². The third kappa shape index (κ3) is 2.77. The summed E-state index contributed by atoms with van der Waals surface area (Å²) in [5, 5.41) is 9.88. The predicted molar refractivity (Wildman–Crippen MR) is 54.1 cm³/mol. The molecule has 6 nitrogen and oxygen atoms in total. The predicted octanol–water partition coefficient (Wildman–Crippen LogP) is 1.65. The van der Waals surface area contributed by atoms with Crippen molar-refractivity contribution in [2.24, 2.45) is 0 Å². The van der Waals surface area contributed by atoms with Gasteiger partial charge in [-0.3, -0.25) is 19.7 Å². The van der Waals surface area contributed by atoms with Gasteiger partial charge >= 0.3 is 0 Å². The average molecular weight is 244 g/mol. The molecule has 0 saturated carbocycles. The molecular weight excluding hydrogens is 238 g/mol. The molecule has 1 aromatic rings. The van der Waals surface area contributed by atoms with E-state index in [9.17, 15) is 19.7 Å². The van der Waals surface area contributed by atoms with Crippen molar-refractivity contribution in [2.75, 3.05) is 0 Å². The fourth-order valence-corrected chi connectivity index (χ4v) is 1.22. The zero-order valence-corrected chi connectivity index (χ0v) is 8.64. The number of nitro groups is 1. The Labute approximate surface area is 94.9 Å². The van der Waals surface area contributed by atoms with E-state index >= 15 is 0 Å². The van der Waals surface area contributed by atoms with Gasteiger partial charge in [-0.25, -0.2) is 0 Å². The maximum absolute atomic E-state index is 10.8. The summed E-state index contributed by atoms with van der Waals surface area (Å²) in [5.74, 6) is 0. The number of carbonyl (C=O) groups excluding carboxylic acids is 2. The largest absolute Gasteiger partial charge is 0.463 e. The van der Waals surface area contributed by atoms with Crippen molar-refractivity contribution in [3.8, 4) is 0 Å². The number of hydrogen-bond donors (Lipinski definition) is 0. The number of hydrogen-bond acceptors (Lipinski definition) is 5. The maximum atomic E-state index is 10.8. The second-order valence-electron chi connectivity index (χ2n) is 2.78. The third-order valence-corrected chi connectivity index (χ3v) is 2.03. The summed E-state index contributed by atoms with van der Waals surface area (Å²) < 4.78 is 4.41. The molecule has 0 fully saturated rings. The standard InChI is InChI=1S/C9H6ClNO5/c10-9(13)6-1-2-7(4-16-5-12)8(3-6)11(14)15/h1-3,5H,4H2. The third-order valence-electron chi connectivity index (χ3n) is 1.82. The molecule has 0 unspecified atom stereocenters. The van der Waals surface area contributed by atoms with Crippen LogP contribution in [0, 0.1) is 10.1 Å². The lowest BCUT2D eigenvalue weighted by atomic mass is 10.1. The number of nitrogens with zero attached hydrogens (tertiary/aromatic N) is 1. The molecule has 0 bridgehead atoms. The molecule has 1 rings (SSSR count). The molecule has 0 aliphatic heterocycles. The summed E-state index contributed by atoms with van der Waals surface area (Å²) in [7, 11) is 0. The summed E-state index contributed by atoms with van der Waals surface area (Å²) in [6, 6.07) is 3.68. The van der Waals surface area contributed by atoms with Crippen LogP contribution in [-0.4, -0.2) is 16.6 Å². The summed E-state index contributed by atoms with van der Waals surface area (Å²) in [6.45, 7) is -0.0408. The lowest BCUT2D eigenvalue weighted by Gasteiger charge is -2.02. The molecule has 0 amide bonds. The van der Waals surface area contributed by atoms with Crippen molar-refractivity contribution < 1.29 is 19.2 Å². The van der Waals surface area contributed by atoms with E-state index in [1.807, 2.05) is 0 Å². The minimum Gasteiger partial charge on any atom is -0.463 e. The Morgan fingerprint density at radius 3 is 2.75 bits per heavy atom. The van der Waals surface area contributed by atoms with E-state index in [1.165, 1.54) is 12.1 Å². The quantitative estimate of drug-likeness (QED) is 0.340. The highest BCUT2D eigenvalue weighted by atomic mass is 35.5. The molecule has 0 spiro atoms. The van der Waals surface area contributed by atoms with Crippen LogP contribution < -0.4 is 0 Å². The van der Waals surface area contributed by atoms with Gasteiger partial charge in [0, 0.05) is 11.6 Å². The van der Waals surface area contributed by atoms with Gasteiger partial charge in [-0.1, -0.05) is 0 Å². The van der Waals surface area contributed by atoms with Crippen molar-refractivity contribution in [3.05, 3.63) is 39.4 Å². The zero-order valence-electron chi connectivity index (χ0n) is 7.88. The number of rotatable bonds is 5. The van der Waals surface area contributed by atoms with E-state index in [-0.39, 0.29) is 29.9 Å². The Hall–Kier alpha value is -1.95. The van der Waals surface area contributed by atoms with E-state index < -0.39 is 10.2 Å². The second kappa shape index (κ2) is 5.22. The van der Waals surface area contributed by atoms with E-state index in [4.69, 9.17) is 11.6 Å². The van der Waals surface area contributed by atoms with Crippen LogP contribution in [-0.2, 0) is 16.1 Å². The van der Waals surface area contributed by atoms with Crippen molar-refractivity contribution in [3.63, 3.8) is 0 Å². The highest BCUT2D eigenvalue weighted by Gasteiger charge is 2.16. The van der Waals surface area contributed by atoms with Crippen LogP contribution in [0.25, 0.3) is 0 Å². The van der Waals surface area contributed by atoms with Gasteiger partial charge in [0.25, 0.3) is 17.4 Å². The molecule has 0 radical (unpaired) electrons. The highest BCUT2D eigenvalue weighted by Crippen LogP contribution is 2.21. The number of halogens is 1. The number of ether oxygens (including phenoxy) is 1. The molecule has 0 aromatic heterocycles. The van der Waals surface area contributed by atoms with Gasteiger partial charge in [-0.05, 0) is 23.7 Å². The molecule has 0 aliphatic rings. The van der Waals surface area contributed by atoms with Gasteiger partial charge in [0.1, 0.15) is 6.61 Å². The summed E-state index contributed by atoms with van der Waals surface area (Å²) in [4.78, 5) is 30.8. The summed E-state index contributed by atoms with van der Waals surface area (Å²) >= 11 is 5.19. The minimum absolute atomic E-state index is 0.0169. The molecule has 0 saturated heterocycles. The van der Waals surface area contributed by atoms with Crippen LogP contribution in [0.2, 0.25) is 0 Å². The van der Waals surface area contributed by atoms with Gasteiger partial charge in [0.05, 0.1) is 10.5 Å². The van der Waals surface area contributed by atoms with Gasteiger partial charge in [0.15, 0.2) is 0 Å². The summed E-state index contributed by atoms with van der Waals surface area (Å²) in [6.07, 6.45) is 0.